The lowest BCUT2D eigenvalue weighted by molar-refractivity contribution is 0.131. The quantitative estimate of drug-likeness (QED) is 0.883. The van der Waals surface area contributed by atoms with Gasteiger partial charge in [0.2, 0.25) is 0 Å². The molecule has 0 aromatic carbocycles. The average Bonchev–Trinajstić information content (AvgIpc) is 2.75. The number of rotatable bonds is 4. The molecule has 0 aliphatic heterocycles. The van der Waals surface area contributed by atoms with Gasteiger partial charge in [-0.05, 0) is 33.2 Å². The molecule has 3 nitrogen and oxygen atoms in total. The largest absolute Gasteiger partial charge is 0.394 e. The van der Waals surface area contributed by atoms with E-state index in [-0.39, 0.29) is 12.1 Å². The van der Waals surface area contributed by atoms with Crippen LogP contribution in [-0.2, 0) is 0 Å². The number of aliphatic hydroxyl groups is 1. The molecule has 1 aromatic heterocycles. The Balaban J connectivity index is 1.98. The molecule has 0 saturated heterocycles. The minimum Gasteiger partial charge on any atom is -0.394 e. The summed E-state index contributed by atoms with van der Waals surface area (Å²) in [5, 5.41) is 15.5. The summed E-state index contributed by atoms with van der Waals surface area (Å²) in [5.74, 6) is 0. The molecule has 1 aliphatic carbocycles. The van der Waals surface area contributed by atoms with Gasteiger partial charge in [-0.25, -0.2) is 4.98 Å². The van der Waals surface area contributed by atoms with Crippen molar-refractivity contribution in [1.29, 1.82) is 0 Å². The molecule has 96 valence electrons. The number of aliphatic hydroxyl groups excluding tert-OH is 1. The van der Waals surface area contributed by atoms with Crippen LogP contribution in [0.25, 0.3) is 0 Å². The number of nitrogens with one attached hydrogen (secondary N) is 1. The van der Waals surface area contributed by atoms with Gasteiger partial charge in [0.15, 0.2) is 0 Å². The number of aromatic nitrogens is 1. The van der Waals surface area contributed by atoms with Gasteiger partial charge in [-0.2, -0.15) is 0 Å². The molecule has 2 rings (SSSR count). The lowest BCUT2D eigenvalue weighted by atomic mass is 9.82. The van der Waals surface area contributed by atoms with Crippen molar-refractivity contribution in [2.75, 3.05) is 13.7 Å². The number of likely N-dealkylation sites (N-methyl/N-ethyl adjacent to an activating group) is 1. The molecule has 2 atom stereocenters. The van der Waals surface area contributed by atoms with Crippen molar-refractivity contribution in [2.45, 2.75) is 47.7 Å². The first kappa shape index (κ1) is 13.3. The Morgan fingerprint density at radius 1 is 1.71 bits per heavy atom. The molecule has 1 aromatic rings. The smallest absolute Gasteiger partial charge is 0.150 e. The third kappa shape index (κ3) is 3.22. The lowest BCUT2D eigenvalue weighted by Crippen LogP contribution is -2.50. The first-order valence-electron chi connectivity index (χ1n) is 6.06. The highest BCUT2D eigenvalue weighted by molar-refractivity contribution is 8.01. The highest BCUT2D eigenvalue weighted by Crippen LogP contribution is 2.38. The standard InChI is InChI=1S/C12H20N2OS2/c1-9-7-16-11(14-9)17-10-4-3-5-12(6-10,8-15)13-2/h7,10,13,15H,3-6,8H2,1-2H3. The topological polar surface area (TPSA) is 45.1 Å². The van der Waals surface area contributed by atoms with Crippen LogP contribution in [0.3, 0.4) is 0 Å². The van der Waals surface area contributed by atoms with E-state index in [4.69, 9.17) is 0 Å². The highest BCUT2D eigenvalue weighted by Gasteiger charge is 2.35. The van der Waals surface area contributed by atoms with Gasteiger partial charge in [0, 0.05) is 21.9 Å². The van der Waals surface area contributed by atoms with E-state index in [1.54, 1.807) is 11.3 Å². The Kier molecular flexibility index (Phi) is 4.47. The number of thioether (sulfide) groups is 1. The fourth-order valence-electron chi connectivity index (χ4n) is 2.39. The van der Waals surface area contributed by atoms with Gasteiger partial charge in [-0.1, -0.05) is 18.2 Å². The predicted molar refractivity (Wildman–Crippen MR) is 73.8 cm³/mol. The van der Waals surface area contributed by atoms with E-state index in [2.05, 4.69) is 15.7 Å². The monoisotopic (exact) mass is 272 g/mol. The Labute approximate surface area is 111 Å². The molecular weight excluding hydrogens is 252 g/mol. The van der Waals surface area contributed by atoms with E-state index in [1.165, 1.54) is 12.8 Å². The molecule has 2 unspecified atom stereocenters. The van der Waals surface area contributed by atoms with Crippen molar-refractivity contribution in [1.82, 2.24) is 10.3 Å². The molecule has 1 fully saturated rings. The second-order valence-electron chi connectivity index (χ2n) is 4.78. The maximum Gasteiger partial charge on any atom is 0.150 e. The first-order chi connectivity index (χ1) is 8.17. The summed E-state index contributed by atoms with van der Waals surface area (Å²) < 4.78 is 1.16. The number of nitrogens with zero attached hydrogens (tertiary/aromatic N) is 1. The van der Waals surface area contributed by atoms with Crippen molar-refractivity contribution >= 4 is 23.1 Å². The van der Waals surface area contributed by atoms with Crippen LogP contribution in [0, 0.1) is 6.92 Å². The Morgan fingerprint density at radius 3 is 3.12 bits per heavy atom. The molecule has 0 amide bonds. The minimum atomic E-state index is -0.0672. The Morgan fingerprint density at radius 2 is 2.53 bits per heavy atom. The van der Waals surface area contributed by atoms with Crippen molar-refractivity contribution in [2.24, 2.45) is 0 Å². The molecule has 17 heavy (non-hydrogen) atoms. The zero-order valence-electron chi connectivity index (χ0n) is 10.4. The van der Waals surface area contributed by atoms with Gasteiger partial charge < -0.3 is 10.4 Å². The van der Waals surface area contributed by atoms with E-state index in [0.29, 0.717) is 5.25 Å². The zero-order valence-corrected chi connectivity index (χ0v) is 12.0. The van der Waals surface area contributed by atoms with Crippen LogP contribution in [0.4, 0.5) is 0 Å². The third-order valence-corrected chi connectivity index (χ3v) is 5.86. The molecule has 0 radical (unpaired) electrons. The lowest BCUT2D eigenvalue weighted by Gasteiger charge is -2.39. The maximum atomic E-state index is 9.54. The van der Waals surface area contributed by atoms with Crippen molar-refractivity contribution < 1.29 is 5.11 Å². The maximum absolute atomic E-state index is 9.54. The Hall–Kier alpha value is -0.100. The second kappa shape index (κ2) is 5.69. The van der Waals surface area contributed by atoms with E-state index in [1.807, 2.05) is 25.7 Å². The molecule has 0 spiro atoms. The number of aryl methyl sites for hydroxylation is 1. The fourth-order valence-corrected chi connectivity index (χ4v) is 4.85. The molecule has 2 N–H and O–H groups in total. The summed E-state index contributed by atoms with van der Waals surface area (Å²) >= 11 is 3.60. The van der Waals surface area contributed by atoms with Gasteiger partial charge in [0.25, 0.3) is 0 Å². The number of hydrogen-bond acceptors (Lipinski definition) is 5. The summed E-state index contributed by atoms with van der Waals surface area (Å²) in [6.45, 7) is 2.27. The summed E-state index contributed by atoms with van der Waals surface area (Å²) in [7, 11) is 1.96. The van der Waals surface area contributed by atoms with E-state index in [0.717, 1.165) is 22.9 Å². The highest BCUT2D eigenvalue weighted by atomic mass is 32.2. The van der Waals surface area contributed by atoms with Crippen LogP contribution < -0.4 is 5.32 Å². The normalized spacial score (nSPS) is 29.5. The van der Waals surface area contributed by atoms with Crippen LogP contribution in [0.15, 0.2) is 9.72 Å². The summed E-state index contributed by atoms with van der Waals surface area (Å²) in [4.78, 5) is 4.50. The zero-order chi connectivity index (χ0) is 12.3. The summed E-state index contributed by atoms with van der Waals surface area (Å²) in [6.07, 6.45) is 4.52. The van der Waals surface area contributed by atoms with Crippen molar-refractivity contribution in [3.63, 3.8) is 0 Å². The van der Waals surface area contributed by atoms with Crippen molar-refractivity contribution in [3.05, 3.63) is 11.1 Å². The molecule has 1 heterocycles. The number of thiazole rings is 1. The van der Waals surface area contributed by atoms with Crippen LogP contribution >= 0.6 is 23.1 Å². The fraction of sp³-hybridized carbons (Fsp3) is 0.750. The molecule has 5 heteroatoms. The average molecular weight is 272 g/mol. The van der Waals surface area contributed by atoms with E-state index >= 15 is 0 Å². The SMILES string of the molecule is CNC1(CO)CCCC(Sc2nc(C)cs2)C1. The Bertz CT molecular complexity index is 363. The van der Waals surface area contributed by atoms with Gasteiger partial charge in [0.1, 0.15) is 4.34 Å². The van der Waals surface area contributed by atoms with Crippen molar-refractivity contribution in [3.8, 4) is 0 Å². The number of hydrogen-bond donors (Lipinski definition) is 2. The van der Waals surface area contributed by atoms with Gasteiger partial charge in [-0.15, -0.1) is 11.3 Å². The summed E-state index contributed by atoms with van der Waals surface area (Å²) in [5.41, 5.74) is 1.04. The van der Waals surface area contributed by atoms with E-state index in [9.17, 15) is 5.11 Å². The second-order valence-corrected chi connectivity index (χ2v) is 7.19. The third-order valence-electron chi connectivity index (χ3n) is 3.50. The minimum absolute atomic E-state index is 0.0672. The molecule has 1 saturated carbocycles. The predicted octanol–water partition coefficient (Wildman–Crippen LogP) is 2.44. The van der Waals surface area contributed by atoms with Gasteiger partial charge >= 0.3 is 0 Å². The van der Waals surface area contributed by atoms with Gasteiger partial charge in [-0.3, -0.25) is 0 Å². The van der Waals surface area contributed by atoms with Crippen LogP contribution in [0.2, 0.25) is 0 Å². The van der Waals surface area contributed by atoms with E-state index < -0.39 is 0 Å². The molecule has 1 aliphatic rings. The summed E-state index contributed by atoms with van der Waals surface area (Å²) in [6, 6.07) is 0. The molecule has 0 bridgehead atoms. The first-order valence-corrected chi connectivity index (χ1v) is 7.82. The molecular formula is C12H20N2OS2. The van der Waals surface area contributed by atoms with Crippen LogP contribution in [0.5, 0.6) is 0 Å². The van der Waals surface area contributed by atoms with Gasteiger partial charge in [0.05, 0.1) is 6.61 Å². The van der Waals surface area contributed by atoms with Crippen LogP contribution in [-0.4, -0.2) is 34.5 Å². The van der Waals surface area contributed by atoms with Crippen LogP contribution in [0.1, 0.15) is 31.4 Å².